The minimum atomic E-state index is 0.966. The summed E-state index contributed by atoms with van der Waals surface area (Å²) >= 11 is 0. The Bertz CT molecular complexity index is 122. The number of likely N-dealkylation sites (tertiary alicyclic amines) is 1. The van der Waals surface area contributed by atoms with E-state index in [9.17, 15) is 0 Å². The van der Waals surface area contributed by atoms with Crippen molar-refractivity contribution in [2.45, 2.75) is 38.1 Å². The van der Waals surface area contributed by atoms with Gasteiger partial charge in [0.1, 0.15) is 0 Å². The molecule has 0 aromatic rings. The molecule has 1 saturated heterocycles. The Kier molecular flexibility index (Phi) is 1.69. The maximum Gasteiger partial charge on any atom is 0.0120 e. The SMILES string of the molecule is CN1CCC[C@H]2CCC[C@@H]21. The van der Waals surface area contributed by atoms with Crippen LogP contribution < -0.4 is 0 Å². The van der Waals surface area contributed by atoms with Gasteiger partial charge in [-0.1, -0.05) is 6.42 Å². The van der Waals surface area contributed by atoms with E-state index in [1.807, 2.05) is 0 Å². The lowest BCUT2D eigenvalue weighted by Crippen LogP contribution is -2.39. The fraction of sp³-hybridized carbons (Fsp3) is 1.00. The molecule has 0 radical (unpaired) electrons. The van der Waals surface area contributed by atoms with Crippen molar-refractivity contribution in [2.24, 2.45) is 5.92 Å². The summed E-state index contributed by atoms with van der Waals surface area (Å²) in [6.45, 7) is 1.35. The monoisotopic (exact) mass is 139 g/mol. The van der Waals surface area contributed by atoms with E-state index in [0.29, 0.717) is 0 Å². The van der Waals surface area contributed by atoms with Gasteiger partial charge in [0.05, 0.1) is 0 Å². The van der Waals surface area contributed by atoms with Crippen LogP contribution in [-0.2, 0) is 0 Å². The fourth-order valence-electron chi connectivity index (χ4n) is 2.70. The first-order chi connectivity index (χ1) is 4.88. The van der Waals surface area contributed by atoms with Crippen molar-refractivity contribution in [2.75, 3.05) is 13.6 Å². The number of nitrogens with zero attached hydrogens (tertiary/aromatic N) is 1. The van der Waals surface area contributed by atoms with E-state index >= 15 is 0 Å². The molecule has 1 aliphatic carbocycles. The molecule has 0 aromatic heterocycles. The maximum absolute atomic E-state index is 2.57. The largest absolute Gasteiger partial charge is 0.303 e. The van der Waals surface area contributed by atoms with Crippen LogP contribution in [0, 0.1) is 5.92 Å². The predicted molar refractivity (Wildman–Crippen MR) is 43.0 cm³/mol. The third-order valence-corrected chi connectivity index (χ3v) is 3.27. The summed E-state index contributed by atoms with van der Waals surface area (Å²) in [5.74, 6) is 1.07. The molecule has 0 unspecified atom stereocenters. The Morgan fingerprint density at radius 3 is 2.70 bits per heavy atom. The van der Waals surface area contributed by atoms with Crippen molar-refractivity contribution in [3.8, 4) is 0 Å². The first-order valence-corrected chi connectivity index (χ1v) is 4.58. The zero-order chi connectivity index (χ0) is 6.97. The van der Waals surface area contributed by atoms with Gasteiger partial charge in [-0.05, 0) is 45.2 Å². The molecule has 2 fully saturated rings. The van der Waals surface area contributed by atoms with E-state index in [2.05, 4.69) is 11.9 Å². The smallest absolute Gasteiger partial charge is 0.0120 e. The first kappa shape index (κ1) is 6.66. The summed E-state index contributed by atoms with van der Waals surface area (Å²) in [6.07, 6.45) is 7.42. The Hall–Kier alpha value is -0.0400. The second-order valence-electron chi connectivity index (χ2n) is 3.88. The maximum atomic E-state index is 2.57. The molecule has 0 spiro atoms. The molecule has 10 heavy (non-hydrogen) atoms. The van der Waals surface area contributed by atoms with Crippen molar-refractivity contribution < 1.29 is 0 Å². The molecule has 0 bridgehead atoms. The van der Waals surface area contributed by atoms with Gasteiger partial charge in [0, 0.05) is 6.04 Å². The van der Waals surface area contributed by atoms with Crippen LogP contribution in [0.4, 0.5) is 0 Å². The van der Waals surface area contributed by atoms with Crippen LogP contribution >= 0.6 is 0 Å². The third kappa shape index (κ3) is 0.968. The highest BCUT2D eigenvalue weighted by atomic mass is 15.1. The van der Waals surface area contributed by atoms with Crippen molar-refractivity contribution in [3.63, 3.8) is 0 Å². The highest BCUT2D eigenvalue weighted by Gasteiger charge is 2.32. The van der Waals surface area contributed by atoms with Crippen molar-refractivity contribution >= 4 is 0 Å². The molecular weight excluding hydrogens is 122 g/mol. The molecule has 1 heteroatoms. The Morgan fingerprint density at radius 1 is 1.10 bits per heavy atom. The van der Waals surface area contributed by atoms with Crippen LogP contribution in [-0.4, -0.2) is 24.5 Å². The van der Waals surface area contributed by atoms with Gasteiger partial charge < -0.3 is 4.90 Å². The molecule has 1 nitrogen and oxygen atoms in total. The summed E-state index contributed by atoms with van der Waals surface area (Å²) in [5.41, 5.74) is 0. The lowest BCUT2D eigenvalue weighted by atomic mass is 9.93. The fourth-order valence-corrected chi connectivity index (χ4v) is 2.70. The molecule has 1 aliphatic heterocycles. The predicted octanol–water partition coefficient (Wildman–Crippen LogP) is 1.88. The molecule has 0 aromatic carbocycles. The quantitative estimate of drug-likeness (QED) is 0.495. The lowest BCUT2D eigenvalue weighted by molar-refractivity contribution is 0.144. The molecule has 0 amide bonds. The van der Waals surface area contributed by atoms with Crippen LogP contribution in [0.15, 0.2) is 0 Å². The summed E-state index contributed by atoms with van der Waals surface area (Å²) in [6, 6.07) is 0.966. The average Bonchev–Trinajstić information content (AvgIpc) is 2.36. The number of fused-ring (bicyclic) bond motifs is 1. The van der Waals surface area contributed by atoms with E-state index < -0.39 is 0 Å². The molecule has 2 atom stereocenters. The second-order valence-corrected chi connectivity index (χ2v) is 3.88. The number of piperidine rings is 1. The normalized spacial score (nSPS) is 41.7. The molecule has 2 rings (SSSR count). The van der Waals surface area contributed by atoms with E-state index in [4.69, 9.17) is 0 Å². The molecular formula is C9H17N. The summed E-state index contributed by atoms with van der Waals surface area (Å²) in [5, 5.41) is 0. The third-order valence-electron chi connectivity index (χ3n) is 3.27. The van der Waals surface area contributed by atoms with Gasteiger partial charge in [-0.25, -0.2) is 0 Å². The minimum Gasteiger partial charge on any atom is -0.303 e. The van der Waals surface area contributed by atoms with E-state index in [-0.39, 0.29) is 0 Å². The number of rotatable bonds is 0. The van der Waals surface area contributed by atoms with Crippen molar-refractivity contribution in [3.05, 3.63) is 0 Å². The van der Waals surface area contributed by atoms with Crippen molar-refractivity contribution in [1.29, 1.82) is 0 Å². The number of hydrogen-bond acceptors (Lipinski definition) is 1. The summed E-state index contributed by atoms with van der Waals surface area (Å²) in [7, 11) is 2.29. The Morgan fingerprint density at radius 2 is 1.90 bits per heavy atom. The van der Waals surface area contributed by atoms with Gasteiger partial charge in [0.25, 0.3) is 0 Å². The summed E-state index contributed by atoms with van der Waals surface area (Å²) < 4.78 is 0. The highest BCUT2D eigenvalue weighted by molar-refractivity contribution is 4.87. The number of hydrogen-bond donors (Lipinski definition) is 0. The van der Waals surface area contributed by atoms with Crippen LogP contribution in [0.25, 0.3) is 0 Å². The van der Waals surface area contributed by atoms with Gasteiger partial charge in [-0.15, -0.1) is 0 Å². The van der Waals surface area contributed by atoms with Crippen LogP contribution in [0.1, 0.15) is 32.1 Å². The van der Waals surface area contributed by atoms with Crippen LogP contribution in [0.5, 0.6) is 0 Å². The Labute approximate surface area is 63.4 Å². The van der Waals surface area contributed by atoms with E-state index in [1.165, 1.54) is 38.6 Å². The minimum absolute atomic E-state index is 0.966. The second kappa shape index (κ2) is 2.54. The van der Waals surface area contributed by atoms with Crippen molar-refractivity contribution in [1.82, 2.24) is 4.90 Å². The summed E-state index contributed by atoms with van der Waals surface area (Å²) in [4.78, 5) is 2.57. The van der Waals surface area contributed by atoms with Gasteiger partial charge in [-0.2, -0.15) is 0 Å². The molecule has 0 N–H and O–H groups in total. The molecule has 1 heterocycles. The van der Waals surface area contributed by atoms with Gasteiger partial charge in [0.2, 0.25) is 0 Å². The van der Waals surface area contributed by atoms with Gasteiger partial charge in [-0.3, -0.25) is 0 Å². The molecule has 2 aliphatic rings. The van der Waals surface area contributed by atoms with E-state index in [0.717, 1.165) is 12.0 Å². The van der Waals surface area contributed by atoms with E-state index in [1.54, 1.807) is 0 Å². The highest BCUT2D eigenvalue weighted by Crippen LogP contribution is 2.35. The molecule has 1 saturated carbocycles. The van der Waals surface area contributed by atoms with Crippen LogP contribution in [0.2, 0.25) is 0 Å². The standard InChI is InChI=1S/C9H17N/c1-10-7-3-5-8-4-2-6-9(8)10/h8-9H,2-7H2,1H3/t8-,9+/m1/s1. The Balaban J connectivity index is 2.03. The average molecular weight is 139 g/mol. The zero-order valence-corrected chi connectivity index (χ0v) is 6.84. The van der Waals surface area contributed by atoms with Gasteiger partial charge >= 0.3 is 0 Å². The topological polar surface area (TPSA) is 3.24 Å². The molecule has 58 valence electrons. The van der Waals surface area contributed by atoms with Gasteiger partial charge in [0.15, 0.2) is 0 Å². The lowest BCUT2D eigenvalue weighted by Gasteiger charge is -2.34. The first-order valence-electron chi connectivity index (χ1n) is 4.58. The zero-order valence-electron chi connectivity index (χ0n) is 6.84. The van der Waals surface area contributed by atoms with Crippen LogP contribution in [0.3, 0.4) is 0 Å².